The summed E-state index contributed by atoms with van der Waals surface area (Å²) in [7, 11) is 0. The SMILES string of the molecule is Cc1cc(Br)ccc1NC(=O)CSCc1nc2ccccc2s1. The van der Waals surface area contributed by atoms with Crippen LogP contribution in [0.25, 0.3) is 10.2 Å². The molecule has 3 aromatic rings. The smallest absolute Gasteiger partial charge is 0.234 e. The van der Waals surface area contributed by atoms with Gasteiger partial charge in [-0.2, -0.15) is 0 Å². The van der Waals surface area contributed by atoms with Crippen LogP contribution in [-0.4, -0.2) is 16.6 Å². The van der Waals surface area contributed by atoms with Crippen molar-refractivity contribution in [1.82, 2.24) is 4.98 Å². The Bertz CT molecular complexity index is 814. The first-order chi connectivity index (χ1) is 11.1. The summed E-state index contributed by atoms with van der Waals surface area (Å²) in [4.78, 5) is 16.6. The average Bonchev–Trinajstić information content (AvgIpc) is 2.93. The third-order valence-electron chi connectivity index (χ3n) is 3.26. The third kappa shape index (κ3) is 4.34. The largest absolute Gasteiger partial charge is 0.325 e. The highest BCUT2D eigenvalue weighted by Crippen LogP contribution is 2.25. The van der Waals surface area contributed by atoms with Gasteiger partial charge < -0.3 is 5.32 Å². The number of aromatic nitrogens is 1. The van der Waals surface area contributed by atoms with Gasteiger partial charge in [0.05, 0.1) is 16.0 Å². The molecule has 1 N–H and O–H groups in total. The molecule has 0 saturated heterocycles. The number of carbonyl (C=O) groups is 1. The normalized spacial score (nSPS) is 10.9. The minimum Gasteiger partial charge on any atom is -0.325 e. The molecule has 0 fully saturated rings. The molecule has 0 atom stereocenters. The zero-order valence-corrected chi connectivity index (χ0v) is 15.7. The van der Waals surface area contributed by atoms with E-state index in [-0.39, 0.29) is 5.91 Å². The number of benzene rings is 2. The summed E-state index contributed by atoms with van der Waals surface area (Å²) in [6.07, 6.45) is 0. The number of aryl methyl sites for hydroxylation is 1. The Kier molecular flexibility index (Phi) is 5.35. The van der Waals surface area contributed by atoms with E-state index < -0.39 is 0 Å². The van der Waals surface area contributed by atoms with E-state index in [1.165, 1.54) is 4.70 Å². The zero-order valence-electron chi connectivity index (χ0n) is 12.5. The molecule has 0 spiro atoms. The lowest BCUT2D eigenvalue weighted by molar-refractivity contribution is -0.113. The number of thiazole rings is 1. The zero-order chi connectivity index (χ0) is 16.2. The molecule has 1 amide bonds. The Labute approximate surface area is 151 Å². The fraction of sp³-hybridized carbons (Fsp3) is 0.176. The number of para-hydroxylation sites is 1. The van der Waals surface area contributed by atoms with Crippen LogP contribution in [0.15, 0.2) is 46.9 Å². The van der Waals surface area contributed by atoms with E-state index in [2.05, 4.69) is 32.3 Å². The van der Waals surface area contributed by atoms with Crippen LogP contribution in [0.5, 0.6) is 0 Å². The second kappa shape index (κ2) is 7.47. The fourth-order valence-electron chi connectivity index (χ4n) is 2.17. The number of hydrogen-bond donors (Lipinski definition) is 1. The van der Waals surface area contributed by atoms with Gasteiger partial charge in [-0.25, -0.2) is 4.98 Å². The van der Waals surface area contributed by atoms with Gasteiger partial charge in [-0.05, 0) is 42.8 Å². The number of fused-ring (bicyclic) bond motifs is 1. The van der Waals surface area contributed by atoms with E-state index in [0.29, 0.717) is 5.75 Å². The first-order valence-electron chi connectivity index (χ1n) is 7.10. The molecule has 23 heavy (non-hydrogen) atoms. The van der Waals surface area contributed by atoms with Crippen molar-refractivity contribution in [2.75, 3.05) is 11.1 Å². The number of carbonyl (C=O) groups excluding carboxylic acids is 1. The molecule has 1 heterocycles. The Morgan fingerprint density at radius 2 is 2.13 bits per heavy atom. The maximum Gasteiger partial charge on any atom is 0.234 e. The Balaban J connectivity index is 1.52. The highest BCUT2D eigenvalue weighted by atomic mass is 79.9. The van der Waals surface area contributed by atoms with Crippen molar-refractivity contribution in [3.05, 3.63) is 57.5 Å². The molecular weight excluding hydrogens is 392 g/mol. The first kappa shape index (κ1) is 16.5. The number of rotatable bonds is 5. The molecule has 3 nitrogen and oxygen atoms in total. The molecule has 0 aliphatic heterocycles. The molecule has 0 bridgehead atoms. The number of halogens is 1. The van der Waals surface area contributed by atoms with E-state index >= 15 is 0 Å². The fourth-order valence-corrected chi connectivity index (χ4v) is 4.49. The molecule has 6 heteroatoms. The summed E-state index contributed by atoms with van der Waals surface area (Å²) in [5.74, 6) is 1.19. The van der Waals surface area contributed by atoms with Gasteiger partial charge in [0, 0.05) is 15.9 Å². The lowest BCUT2D eigenvalue weighted by Gasteiger charge is -2.08. The Hall–Kier alpha value is -1.37. The molecule has 2 aromatic carbocycles. The first-order valence-corrected chi connectivity index (χ1v) is 9.86. The molecule has 3 rings (SSSR count). The molecular formula is C17H15BrN2OS2. The standard InChI is InChI=1S/C17H15BrN2OS2/c1-11-8-12(18)6-7-13(11)19-16(21)9-22-10-17-20-14-4-2-3-5-15(14)23-17/h2-8H,9-10H2,1H3,(H,19,21). The maximum absolute atomic E-state index is 12.1. The van der Waals surface area contributed by atoms with Crippen LogP contribution in [0.1, 0.15) is 10.6 Å². The molecule has 0 aliphatic rings. The number of hydrogen-bond acceptors (Lipinski definition) is 4. The van der Waals surface area contributed by atoms with Gasteiger partial charge in [0.1, 0.15) is 5.01 Å². The lowest BCUT2D eigenvalue weighted by atomic mass is 10.2. The van der Waals surface area contributed by atoms with Gasteiger partial charge in [-0.1, -0.05) is 28.1 Å². The number of nitrogens with one attached hydrogen (secondary N) is 1. The summed E-state index contributed by atoms with van der Waals surface area (Å²) in [6, 6.07) is 13.9. The molecule has 1 aromatic heterocycles. The van der Waals surface area contributed by atoms with Crippen molar-refractivity contribution < 1.29 is 4.79 Å². The van der Waals surface area contributed by atoms with Crippen molar-refractivity contribution in [2.45, 2.75) is 12.7 Å². The second-order valence-corrected chi connectivity index (χ2v) is 8.09. The number of thioether (sulfide) groups is 1. The summed E-state index contributed by atoms with van der Waals surface area (Å²) in [5, 5.41) is 4.01. The summed E-state index contributed by atoms with van der Waals surface area (Å²) < 4.78 is 2.20. The summed E-state index contributed by atoms with van der Waals surface area (Å²) in [5.41, 5.74) is 2.94. The third-order valence-corrected chi connectivity index (χ3v) is 5.92. The number of amides is 1. The van der Waals surface area contributed by atoms with Crippen molar-refractivity contribution in [1.29, 1.82) is 0 Å². The van der Waals surface area contributed by atoms with E-state index in [1.54, 1.807) is 23.1 Å². The van der Waals surface area contributed by atoms with Gasteiger partial charge in [0.25, 0.3) is 0 Å². The average molecular weight is 407 g/mol. The van der Waals surface area contributed by atoms with Gasteiger partial charge in [-0.15, -0.1) is 23.1 Å². The Morgan fingerprint density at radius 3 is 2.91 bits per heavy atom. The maximum atomic E-state index is 12.1. The molecule has 0 unspecified atom stereocenters. The molecule has 118 valence electrons. The van der Waals surface area contributed by atoms with Crippen LogP contribution < -0.4 is 5.32 Å². The van der Waals surface area contributed by atoms with Crippen LogP contribution in [-0.2, 0) is 10.5 Å². The predicted octanol–water partition coefficient (Wildman–Crippen LogP) is 5.24. The van der Waals surface area contributed by atoms with Gasteiger partial charge >= 0.3 is 0 Å². The summed E-state index contributed by atoms with van der Waals surface area (Å²) >= 11 is 6.69. The highest BCUT2D eigenvalue weighted by Gasteiger charge is 2.07. The number of nitrogens with zero attached hydrogens (tertiary/aromatic N) is 1. The molecule has 0 aliphatic carbocycles. The van der Waals surface area contributed by atoms with Gasteiger partial charge in [0.15, 0.2) is 0 Å². The van der Waals surface area contributed by atoms with E-state index in [4.69, 9.17) is 0 Å². The van der Waals surface area contributed by atoms with Crippen LogP contribution >= 0.6 is 39.0 Å². The lowest BCUT2D eigenvalue weighted by Crippen LogP contribution is -2.14. The topological polar surface area (TPSA) is 42.0 Å². The van der Waals surface area contributed by atoms with E-state index in [1.807, 2.05) is 43.3 Å². The molecule has 0 radical (unpaired) electrons. The summed E-state index contributed by atoms with van der Waals surface area (Å²) in [6.45, 7) is 1.98. The van der Waals surface area contributed by atoms with Crippen LogP contribution in [0.4, 0.5) is 5.69 Å². The Morgan fingerprint density at radius 1 is 1.30 bits per heavy atom. The van der Waals surface area contributed by atoms with Crippen LogP contribution in [0.2, 0.25) is 0 Å². The highest BCUT2D eigenvalue weighted by molar-refractivity contribution is 9.10. The van der Waals surface area contributed by atoms with E-state index in [0.717, 1.165) is 32.0 Å². The minimum absolute atomic E-state index is 0.0153. The minimum atomic E-state index is 0.0153. The monoisotopic (exact) mass is 406 g/mol. The van der Waals surface area contributed by atoms with E-state index in [9.17, 15) is 4.79 Å². The second-order valence-electron chi connectivity index (χ2n) is 5.08. The van der Waals surface area contributed by atoms with Crippen LogP contribution in [0.3, 0.4) is 0 Å². The number of anilines is 1. The van der Waals surface area contributed by atoms with Crippen molar-refractivity contribution in [2.24, 2.45) is 0 Å². The van der Waals surface area contributed by atoms with Crippen LogP contribution in [0, 0.1) is 6.92 Å². The van der Waals surface area contributed by atoms with Crippen molar-refractivity contribution in [3.8, 4) is 0 Å². The quantitative estimate of drug-likeness (QED) is 0.629. The predicted molar refractivity (Wildman–Crippen MR) is 103 cm³/mol. The van der Waals surface area contributed by atoms with Gasteiger partial charge in [-0.3, -0.25) is 4.79 Å². The van der Waals surface area contributed by atoms with Crippen molar-refractivity contribution >= 4 is 60.8 Å². The van der Waals surface area contributed by atoms with Crippen molar-refractivity contribution in [3.63, 3.8) is 0 Å². The van der Waals surface area contributed by atoms with Gasteiger partial charge in [0.2, 0.25) is 5.91 Å². The molecule has 0 saturated carbocycles.